The van der Waals surface area contributed by atoms with E-state index in [0.717, 1.165) is 61.3 Å². The highest BCUT2D eigenvalue weighted by Gasteiger charge is 2.29. The largest absolute Gasteiger partial charge is 0.379 e. The average molecular weight is 416 g/mol. The van der Waals surface area contributed by atoms with Gasteiger partial charge in [-0.1, -0.05) is 29.8 Å². The molecule has 1 aliphatic heterocycles. The Balaban J connectivity index is 1.47. The summed E-state index contributed by atoms with van der Waals surface area (Å²) in [6.07, 6.45) is 4.72. The lowest BCUT2D eigenvalue weighted by Gasteiger charge is -2.36. The van der Waals surface area contributed by atoms with Crippen molar-refractivity contribution in [3.8, 4) is 0 Å². The third-order valence-corrected chi connectivity index (χ3v) is 7.40. The highest BCUT2D eigenvalue weighted by atomic mass is 35.5. The van der Waals surface area contributed by atoms with Gasteiger partial charge >= 0.3 is 0 Å². The van der Waals surface area contributed by atoms with Crippen molar-refractivity contribution in [2.45, 2.75) is 31.8 Å². The number of hydrogen-bond donors (Lipinski definition) is 0. The molecule has 0 N–H and O–H groups in total. The van der Waals surface area contributed by atoms with Gasteiger partial charge in [-0.05, 0) is 36.5 Å². The topological polar surface area (TPSA) is 47.4 Å². The third kappa shape index (κ3) is 3.28. The number of nitrogens with zero attached hydrogens (tertiary/aromatic N) is 3. The van der Waals surface area contributed by atoms with Gasteiger partial charge in [0.2, 0.25) is 0 Å². The summed E-state index contributed by atoms with van der Waals surface area (Å²) in [7, 11) is 0. The second-order valence-corrected chi connectivity index (χ2v) is 8.99. The number of aromatic nitrogens is 2. The summed E-state index contributed by atoms with van der Waals surface area (Å²) in [5.74, 6) is 0. The highest BCUT2D eigenvalue weighted by molar-refractivity contribution is 7.18. The Morgan fingerprint density at radius 1 is 1.25 bits per heavy atom. The summed E-state index contributed by atoms with van der Waals surface area (Å²) in [6.45, 7) is 4.11. The Labute approximate surface area is 172 Å². The number of benzene rings is 1. The van der Waals surface area contributed by atoms with Crippen LogP contribution in [0.4, 0.5) is 0 Å². The molecule has 7 heteroatoms. The Kier molecular flexibility index (Phi) is 4.97. The van der Waals surface area contributed by atoms with Crippen LogP contribution in [-0.4, -0.2) is 46.8 Å². The van der Waals surface area contributed by atoms with Crippen LogP contribution in [0.5, 0.6) is 0 Å². The van der Waals surface area contributed by atoms with Gasteiger partial charge < -0.3 is 4.74 Å². The number of aryl methyl sites for hydroxylation is 1. The minimum absolute atomic E-state index is 0.0484. The zero-order valence-corrected chi connectivity index (χ0v) is 17.1. The molecule has 5 rings (SSSR count). The molecule has 1 aromatic carbocycles. The summed E-state index contributed by atoms with van der Waals surface area (Å²) in [6, 6.07) is 8.20. The Bertz CT molecular complexity index is 1070. The van der Waals surface area contributed by atoms with Gasteiger partial charge in [-0.25, -0.2) is 4.98 Å². The van der Waals surface area contributed by atoms with E-state index in [1.807, 2.05) is 24.3 Å². The molecular formula is C21H22ClN3O2S. The van der Waals surface area contributed by atoms with Gasteiger partial charge in [0, 0.05) is 29.0 Å². The molecule has 1 aliphatic carbocycles. The van der Waals surface area contributed by atoms with E-state index >= 15 is 0 Å². The van der Waals surface area contributed by atoms with Crippen molar-refractivity contribution in [2.75, 3.05) is 26.3 Å². The smallest absolute Gasteiger partial charge is 0.262 e. The maximum absolute atomic E-state index is 13.2. The molecule has 5 nitrogen and oxygen atoms in total. The van der Waals surface area contributed by atoms with Crippen LogP contribution in [0.25, 0.3) is 10.2 Å². The molecule has 0 saturated carbocycles. The molecule has 3 aromatic rings. The normalized spacial score (nSPS) is 20.4. The van der Waals surface area contributed by atoms with Crippen LogP contribution in [0.1, 0.15) is 22.4 Å². The van der Waals surface area contributed by atoms with E-state index < -0.39 is 0 Å². The number of rotatable bonds is 3. The fraction of sp³-hybridized carbons (Fsp3) is 0.429. The highest BCUT2D eigenvalue weighted by Crippen LogP contribution is 2.35. The average Bonchev–Trinajstić information content (AvgIpc) is 3.10. The molecular weight excluding hydrogens is 394 g/mol. The van der Waals surface area contributed by atoms with Gasteiger partial charge in [-0.3, -0.25) is 14.3 Å². The predicted molar refractivity (Wildman–Crippen MR) is 113 cm³/mol. The minimum Gasteiger partial charge on any atom is -0.379 e. The first kappa shape index (κ1) is 18.3. The van der Waals surface area contributed by atoms with E-state index in [-0.39, 0.29) is 5.56 Å². The summed E-state index contributed by atoms with van der Waals surface area (Å²) in [4.78, 5) is 22.6. The first-order valence-electron chi connectivity index (χ1n) is 9.75. The molecule has 146 valence electrons. The summed E-state index contributed by atoms with van der Waals surface area (Å²) < 4.78 is 7.18. The van der Waals surface area contributed by atoms with E-state index in [1.54, 1.807) is 22.2 Å². The monoisotopic (exact) mass is 415 g/mol. The molecule has 3 heterocycles. The summed E-state index contributed by atoms with van der Waals surface area (Å²) in [5.41, 5.74) is 2.20. The van der Waals surface area contributed by atoms with E-state index in [0.29, 0.717) is 17.6 Å². The molecule has 28 heavy (non-hydrogen) atoms. The minimum atomic E-state index is 0.0484. The van der Waals surface area contributed by atoms with Crippen molar-refractivity contribution >= 4 is 33.2 Å². The van der Waals surface area contributed by atoms with Crippen LogP contribution >= 0.6 is 22.9 Å². The van der Waals surface area contributed by atoms with Crippen molar-refractivity contribution in [3.05, 3.63) is 62.0 Å². The first-order chi connectivity index (χ1) is 13.7. The zero-order valence-electron chi connectivity index (χ0n) is 15.6. The van der Waals surface area contributed by atoms with Crippen LogP contribution in [0.15, 0.2) is 35.4 Å². The first-order valence-corrected chi connectivity index (χ1v) is 10.9. The SMILES string of the molecule is O=c1c2c3c(sc2ncn1Cc1ccccc1Cl)CC(N1CCOCC1)CC3. The molecule has 0 amide bonds. The quantitative estimate of drug-likeness (QED) is 0.658. The van der Waals surface area contributed by atoms with Gasteiger partial charge in [-0.2, -0.15) is 0 Å². The predicted octanol–water partition coefficient (Wildman–Crippen LogP) is 3.35. The second kappa shape index (κ2) is 7.59. The van der Waals surface area contributed by atoms with E-state index in [4.69, 9.17) is 16.3 Å². The molecule has 1 atom stereocenters. The van der Waals surface area contributed by atoms with Crippen LogP contribution in [-0.2, 0) is 24.1 Å². The van der Waals surface area contributed by atoms with E-state index in [2.05, 4.69) is 9.88 Å². The number of halogens is 1. The van der Waals surface area contributed by atoms with Crippen molar-refractivity contribution in [3.63, 3.8) is 0 Å². The molecule has 0 bridgehead atoms. The number of thiophene rings is 1. The van der Waals surface area contributed by atoms with Crippen molar-refractivity contribution in [1.82, 2.24) is 14.5 Å². The van der Waals surface area contributed by atoms with E-state index in [9.17, 15) is 4.79 Å². The lowest BCUT2D eigenvalue weighted by Crippen LogP contribution is -2.45. The van der Waals surface area contributed by atoms with Crippen LogP contribution in [0.2, 0.25) is 5.02 Å². The number of morpholine rings is 1. The van der Waals surface area contributed by atoms with Gasteiger partial charge in [0.15, 0.2) is 0 Å². The molecule has 0 radical (unpaired) electrons. The third-order valence-electron chi connectivity index (χ3n) is 5.87. The van der Waals surface area contributed by atoms with Gasteiger partial charge in [0.05, 0.1) is 31.5 Å². The molecule has 1 fully saturated rings. The zero-order chi connectivity index (χ0) is 19.1. The lowest BCUT2D eigenvalue weighted by molar-refractivity contribution is 0.0140. The van der Waals surface area contributed by atoms with E-state index in [1.165, 1.54) is 10.4 Å². The molecule has 1 saturated heterocycles. The van der Waals surface area contributed by atoms with Gasteiger partial charge in [0.1, 0.15) is 4.83 Å². The van der Waals surface area contributed by atoms with Crippen LogP contribution in [0.3, 0.4) is 0 Å². The van der Waals surface area contributed by atoms with Crippen molar-refractivity contribution in [2.24, 2.45) is 0 Å². The van der Waals surface area contributed by atoms with Gasteiger partial charge in [0.25, 0.3) is 5.56 Å². The Morgan fingerprint density at radius 2 is 2.07 bits per heavy atom. The summed E-state index contributed by atoms with van der Waals surface area (Å²) in [5, 5.41) is 1.49. The fourth-order valence-electron chi connectivity index (χ4n) is 4.36. The number of ether oxygens (including phenoxy) is 1. The van der Waals surface area contributed by atoms with Crippen LogP contribution < -0.4 is 5.56 Å². The molecule has 2 aromatic heterocycles. The molecule has 1 unspecified atom stereocenters. The molecule has 2 aliphatic rings. The maximum Gasteiger partial charge on any atom is 0.262 e. The fourth-order valence-corrected chi connectivity index (χ4v) is 5.81. The van der Waals surface area contributed by atoms with Crippen LogP contribution in [0, 0.1) is 0 Å². The Morgan fingerprint density at radius 3 is 2.89 bits per heavy atom. The molecule has 0 spiro atoms. The number of hydrogen-bond acceptors (Lipinski definition) is 5. The van der Waals surface area contributed by atoms with Gasteiger partial charge in [-0.15, -0.1) is 11.3 Å². The maximum atomic E-state index is 13.2. The van der Waals surface area contributed by atoms with Crippen molar-refractivity contribution < 1.29 is 4.74 Å². The summed E-state index contributed by atoms with van der Waals surface area (Å²) >= 11 is 7.97. The number of fused-ring (bicyclic) bond motifs is 3. The standard InChI is InChI=1S/C21H22ClN3O2S/c22-17-4-2-1-3-14(17)12-25-13-23-20-19(21(25)26)16-6-5-15(11-18(16)28-20)24-7-9-27-10-8-24/h1-4,13,15H,5-12H2. The lowest BCUT2D eigenvalue weighted by atomic mass is 9.92. The second-order valence-electron chi connectivity index (χ2n) is 7.50. The van der Waals surface area contributed by atoms with Crippen molar-refractivity contribution in [1.29, 1.82) is 0 Å². The Hall–Kier alpha value is -1.73.